The number of nitrogens with one attached hydrogen (secondary N) is 1. The minimum Gasteiger partial charge on any atom is -0.505 e. The van der Waals surface area contributed by atoms with Gasteiger partial charge < -0.3 is 10.4 Å². The molecular formula is C13H10ClFN2O3. The van der Waals surface area contributed by atoms with E-state index in [9.17, 15) is 14.5 Å². The SMILES string of the molecule is O=[N+]([O-])c1ccc(NCc2ccc(O)c(F)c2)c(Cl)c1. The van der Waals surface area contributed by atoms with Crippen molar-refractivity contribution >= 4 is 23.0 Å². The zero-order chi connectivity index (χ0) is 14.7. The number of phenolic OH excluding ortho intramolecular Hbond substituents is 1. The normalized spacial score (nSPS) is 10.3. The van der Waals surface area contributed by atoms with Crippen LogP contribution in [0.25, 0.3) is 0 Å². The van der Waals surface area contributed by atoms with E-state index in [2.05, 4.69) is 5.32 Å². The zero-order valence-electron chi connectivity index (χ0n) is 10.1. The van der Waals surface area contributed by atoms with Crippen molar-refractivity contribution in [1.29, 1.82) is 0 Å². The Labute approximate surface area is 118 Å². The van der Waals surface area contributed by atoms with E-state index >= 15 is 0 Å². The Morgan fingerprint density at radius 2 is 2.05 bits per heavy atom. The topological polar surface area (TPSA) is 75.4 Å². The molecule has 0 aromatic heterocycles. The maximum Gasteiger partial charge on any atom is 0.271 e. The van der Waals surface area contributed by atoms with Gasteiger partial charge in [0, 0.05) is 18.7 Å². The molecule has 104 valence electrons. The number of non-ortho nitro benzene ring substituents is 1. The van der Waals surface area contributed by atoms with Crippen LogP contribution >= 0.6 is 11.6 Å². The van der Waals surface area contributed by atoms with Crippen LogP contribution in [0, 0.1) is 15.9 Å². The molecule has 5 nitrogen and oxygen atoms in total. The lowest BCUT2D eigenvalue weighted by Gasteiger charge is -2.08. The lowest BCUT2D eigenvalue weighted by molar-refractivity contribution is -0.384. The molecule has 2 aromatic carbocycles. The molecule has 0 heterocycles. The highest BCUT2D eigenvalue weighted by Crippen LogP contribution is 2.27. The van der Waals surface area contributed by atoms with Gasteiger partial charge >= 0.3 is 0 Å². The summed E-state index contributed by atoms with van der Waals surface area (Å²) in [6.45, 7) is 0.273. The minimum atomic E-state index is -0.709. The van der Waals surface area contributed by atoms with Gasteiger partial charge in [0.05, 0.1) is 15.6 Å². The maximum atomic E-state index is 13.1. The Hall–Kier alpha value is -2.34. The van der Waals surface area contributed by atoms with Crippen LogP contribution in [0.1, 0.15) is 5.56 Å². The molecule has 0 fully saturated rings. The predicted octanol–water partition coefficient (Wildman–Crippen LogP) is 3.71. The molecular weight excluding hydrogens is 287 g/mol. The summed E-state index contributed by atoms with van der Waals surface area (Å²) < 4.78 is 13.1. The van der Waals surface area contributed by atoms with Gasteiger partial charge in [-0.15, -0.1) is 0 Å². The summed E-state index contributed by atoms with van der Waals surface area (Å²) in [4.78, 5) is 10.0. The second-order valence-electron chi connectivity index (χ2n) is 4.06. The van der Waals surface area contributed by atoms with Crippen molar-refractivity contribution in [3.63, 3.8) is 0 Å². The van der Waals surface area contributed by atoms with Gasteiger partial charge in [-0.1, -0.05) is 17.7 Å². The Kier molecular flexibility index (Phi) is 4.05. The monoisotopic (exact) mass is 296 g/mol. The maximum absolute atomic E-state index is 13.1. The molecule has 0 atom stereocenters. The average Bonchev–Trinajstić information content (AvgIpc) is 2.41. The highest BCUT2D eigenvalue weighted by Gasteiger charge is 2.09. The van der Waals surface area contributed by atoms with Crippen LogP contribution in [0.2, 0.25) is 5.02 Å². The van der Waals surface area contributed by atoms with Crippen molar-refractivity contribution in [2.75, 3.05) is 5.32 Å². The highest BCUT2D eigenvalue weighted by atomic mass is 35.5. The van der Waals surface area contributed by atoms with Gasteiger partial charge in [-0.3, -0.25) is 10.1 Å². The fourth-order valence-electron chi connectivity index (χ4n) is 1.62. The van der Waals surface area contributed by atoms with Gasteiger partial charge in [0.1, 0.15) is 0 Å². The average molecular weight is 297 g/mol. The van der Waals surface area contributed by atoms with Crippen molar-refractivity contribution in [1.82, 2.24) is 0 Å². The summed E-state index contributed by atoms with van der Waals surface area (Å²) in [5, 5.41) is 22.8. The molecule has 0 saturated heterocycles. The van der Waals surface area contributed by atoms with Crippen LogP contribution in [0.5, 0.6) is 5.75 Å². The van der Waals surface area contributed by atoms with Crippen LogP contribution < -0.4 is 5.32 Å². The molecule has 2 rings (SSSR count). The number of halogens is 2. The Bertz CT molecular complexity index is 664. The third-order valence-electron chi connectivity index (χ3n) is 2.66. The third-order valence-corrected chi connectivity index (χ3v) is 2.97. The molecule has 0 radical (unpaired) electrons. The molecule has 20 heavy (non-hydrogen) atoms. The first-order valence-electron chi connectivity index (χ1n) is 5.62. The minimum absolute atomic E-state index is 0.101. The summed E-state index contributed by atoms with van der Waals surface area (Å²) in [5.41, 5.74) is 1.01. The van der Waals surface area contributed by atoms with Crippen LogP contribution in [0.3, 0.4) is 0 Å². The second-order valence-corrected chi connectivity index (χ2v) is 4.47. The van der Waals surface area contributed by atoms with E-state index in [1.165, 1.54) is 30.3 Å². The van der Waals surface area contributed by atoms with E-state index < -0.39 is 16.5 Å². The number of phenols is 1. The molecule has 0 aliphatic carbocycles. The molecule has 0 spiro atoms. The number of nitro benzene ring substituents is 1. The number of hydrogen-bond donors (Lipinski definition) is 2. The number of nitrogens with zero attached hydrogens (tertiary/aromatic N) is 1. The summed E-state index contributed by atoms with van der Waals surface area (Å²) in [6, 6.07) is 8.06. The quantitative estimate of drug-likeness (QED) is 0.666. The molecule has 7 heteroatoms. The lowest BCUT2D eigenvalue weighted by atomic mass is 10.2. The molecule has 0 aliphatic rings. The first-order valence-corrected chi connectivity index (χ1v) is 6.00. The van der Waals surface area contributed by atoms with Crippen LogP contribution in [0.4, 0.5) is 15.8 Å². The van der Waals surface area contributed by atoms with Gasteiger partial charge in [0.25, 0.3) is 5.69 Å². The molecule has 0 unspecified atom stereocenters. The van der Waals surface area contributed by atoms with E-state index in [-0.39, 0.29) is 17.3 Å². The number of hydrogen-bond acceptors (Lipinski definition) is 4. The first-order chi connectivity index (χ1) is 9.47. The molecule has 0 bridgehead atoms. The fraction of sp³-hybridized carbons (Fsp3) is 0.0769. The molecule has 0 saturated carbocycles. The Balaban J connectivity index is 2.10. The summed E-state index contributed by atoms with van der Waals surface area (Å²) in [5.74, 6) is -1.12. The van der Waals surface area contributed by atoms with Gasteiger partial charge in [-0.2, -0.15) is 0 Å². The van der Waals surface area contributed by atoms with Gasteiger partial charge in [0.2, 0.25) is 0 Å². The van der Waals surface area contributed by atoms with Gasteiger partial charge in [-0.05, 0) is 23.8 Å². The predicted molar refractivity (Wildman–Crippen MR) is 73.5 cm³/mol. The zero-order valence-corrected chi connectivity index (χ0v) is 10.9. The first kappa shape index (κ1) is 14.1. The van der Waals surface area contributed by atoms with E-state index in [1.807, 2.05) is 0 Å². The van der Waals surface area contributed by atoms with E-state index in [4.69, 9.17) is 16.7 Å². The summed E-state index contributed by atoms with van der Waals surface area (Å²) in [6.07, 6.45) is 0. The van der Waals surface area contributed by atoms with Gasteiger partial charge in [-0.25, -0.2) is 4.39 Å². The second kappa shape index (κ2) is 5.75. The van der Waals surface area contributed by atoms with Crippen molar-refractivity contribution in [2.24, 2.45) is 0 Å². The van der Waals surface area contributed by atoms with Crippen molar-refractivity contribution < 1.29 is 14.4 Å². The number of anilines is 1. The van der Waals surface area contributed by atoms with E-state index in [0.717, 1.165) is 0 Å². The van der Waals surface area contributed by atoms with Gasteiger partial charge in [0.15, 0.2) is 11.6 Å². The number of aromatic hydroxyl groups is 1. The highest BCUT2D eigenvalue weighted by molar-refractivity contribution is 6.33. The molecule has 2 aromatic rings. The van der Waals surface area contributed by atoms with Crippen LogP contribution in [-0.2, 0) is 6.54 Å². The van der Waals surface area contributed by atoms with Crippen molar-refractivity contribution in [3.8, 4) is 5.75 Å². The fourth-order valence-corrected chi connectivity index (χ4v) is 1.86. The Morgan fingerprint density at radius 3 is 2.65 bits per heavy atom. The largest absolute Gasteiger partial charge is 0.505 e. The summed E-state index contributed by atoms with van der Waals surface area (Å²) >= 11 is 5.92. The molecule has 0 aliphatic heterocycles. The summed E-state index contributed by atoms with van der Waals surface area (Å²) in [7, 11) is 0. The van der Waals surface area contributed by atoms with E-state index in [0.29, 0.717) is 11.3 Å². The van der Waals surface area contributed by atoms with Crippen LogP contribution in [-0.4, -0.2) is 10.0 Å². The van der Waals surface area contributed by atoms with E-state index in [1.54, 1.807) is 6.07 Å². The van der Waals surface area contributed by atoms with Crippen molar-refractivity contribution in [3.05, 3.63) is 62.9 Å². The van der Waals surface area contributed by atoms with Crippen molar-refractivity contribution in [2.45, 2.75) is 6.54 Å². The van der Waals surface area contributed by atoms with Crippen LogP contribution in [0.15, 0.2) is 36.4 Å². The molecule has 2 N–H and O–H groups in total. The number of nitro groups is 1. The lowest BCUT2D eigenvalue weighted by Crippen LogP contribution is -2.00. The smallest absolute Gasteiger partial charge is 0.271 e. The third kappa shape index (κ3) is 3.16. The standard InChI is InChI=1S/C13H10ClFN2O3/c14-10-6-9(17(19)20)2-3-12(10)16-7-8-1-4-13(18)11(15)5-8/h1-6,16,18H,7H2. The molecule has 0 amide bonds. The number of rotatable bonds is 4. The number of benzene rings is 2. The Morgan fingerprint density at radius 1 is 1.30 bits per heavy atom.